The van der Waals surface area contributed by atoms with Crippen LogP contribution in [0.4, 0.5) is 0 Å². The smallest absolute Gasteiger partial charge is 0.336 e. The zero-order chi connectivity index (χ0) is 42.2. The van der Waals surface area contributed by atoms with Crippen molar-refractivity contribution < 1.29 is 44.2 Å². The van der Waals surface area contributed by atoms with Crippen molar-refractivity contribution in [3.63, 3.8) is 0 Å². The summed E-state index contributed by atoms with van der Waals surface area (Å²) in [5.74, 6) is -2.91. The molecule has 4 bridgehead atoms. The van der Waals surface area contributed by atoms with Gasteiger partial charge in [0, 0.05) is 54.1 Å². The van der Waals surface area contributed by atoms with E-state index in [0.29, 0.717) is 55.6 Å². The zero-order valence-electron chi connectivity index (χ0n) is 33.7. The topological polar surface area (TPSA) is 243 Å². The van der Waals surface area contributed by atoms with E-state index in [9.17, 15) is 35.1 Å². The van der Waals surface area contributed by atoms with E-state index in [4.69, 9.17) is 25.4 Å². The maximum absolute atomic E-state index is 14.2. The van der Waals surface area contributed by atoms with Crippen molar-refractivity contribution in [2.75, 3.05) is 19.8 Å². The first-order valence-electron chi connectivity index (χ1n) is 20.8. The normalized spacial score (nSPS) is 29.5. The number of rotatable bonds is 5. The number of hydrogen-bond acceptors (Lipinski definition) is 14. The van der Waals surface area contributed by atoms with Crippen molar-refractivity contribution in [1.29, 1.82) is 0 Å². The Morgan fingerprint density at radius 2 is 1.92 bits per heavy atom. The molecular weight excluding hydrogens is 769 g/mol. The third kappa shape index (κ3) is 6.22. The number of esters is 1. The van der Waals surface area contributed by atoms with Crippen molar-refractivity contribution in [1.82, 2.24) is 10.6 Å². The lowest BCUT2D eigenvalue weighted by Gasteiger charge is -2.52. The second-order valence-electron chi connectivity index (χ2n) is 17.1. The second kappa shape index (κ2) is 15.2. The average molecular weight is 821 g/mol. The fourth-order valence-corrected chi connectivity index (χ4v) is 11.2. The first kappa shape index (κ1) is 39.9. The third-order valence-corrected chi connectivity index (χ3v) is 14.1. The van der Waals surface area contributed by atoms with Gasteiger partial charge in [0.2, 0.25) is 0 Å². The quantitative estimate of drug-likeness (QED) is 0.132. The average Bonchev–Trinajstić information content (AvgIpc) is 3.38. The molecule has 1 fully saturated rings. The van der Waals surface area contributed by atoms with Crippen LogP contribution in [0, 0.1) is 17.8 Å². The summed E-state index contributed by atoms with van der Waals surface area (Å²) in [6, 6.07) is 6.35. The van der Waals surface area contributed by atoms with E-state index in [2.05, 4.69) is 16.7 Å². The highest BCUT2D eigenvalue weighted by molar-refractivity contribution is 5.92. The van der Waals surface area contributed by atoms with Gasteiger partial charge >= 0.3 is 5.97 Å². The highest BCUT2D eigenvalue weighted by Gasteiger charge is 2.58. The molecule has 316 valence electrons. The van der Waals surface area contributed by atoms with E-state index in [0.717, 1.165) is 33.9 Å². The molecule has 1 saturated carbocycles. The number of allylic oxidation sites excluding steroid dienone is 5. The summed E-state index contributed by atoms with van der Waals surface area (Å²) in [6.45, 7) is 2.36. The number of ether oxygens (including phenoxy) is 2. The minimum Gasteiger partial charge on any atom is -0.508 e. The first-order valence-corrected chi connectivity index (χ1v) is 20.8. The fourth-order valence-electron chi connectivity index (χ4n) is 11.2. The van der Waals surface area contributed by atoms with Crippen LogP contribution in [0.3, 0.4) is 0 Å². The Kier molecular flexibility index (Phi) is 10.1. The Labute approximate surface area is 346 Å². The molecule has 1 aromatic heterocycles. The summed E-state index contributed by atoms with van der Waals surface area (Å²) in [5, 5.41) is 62.1. The molecule has 14 heteroatoms. The van der Waals surface area contributed by atoms with Gasteiger partial charge in [-0.15, -0.1) is 0 Å². The summed E-state index contributed by atoms with van der Waals surface area (Å²) in [4.78, 5) is 28.1. The summed E-state index contributed by atoms with van der Waals surface area (Å²) in [5.41, 5.74) is 17.6. The van der Waals surface area contributed by atoms with E-state index in [-0.39, 0.29) is 69.7 Å². The standard InChI is InChI=1S/C46H52N4O10/c1-3-21(18-51)45(57)59-35-16-31-41(56)39-34(55)15-26(19-52)58-43(39)40-37-29-10-11-49-44(48)38(29)28(9-5-22-4-7-25(54)14-30(22)32(37)20-53)27-8-6-23-13-36(47)50-17-24(23)12-33(27)46(35,2)60-42(31)40/h3-4,7,10,13-15,17,27-28,32-33,35-37,49-54,56H,5-6,8-9,11-12,16,18-20,47-48H2,1-2H3. The Morgan fingerprint density at radius 1 is 1.10 bits per heavy atom. The summed E-state index contributed by atoms with van der Waals surface area (Å²) >= 11 is 0. The van der Waals surface area contributed by atoms with Gasteiger partial charge in [0.1, 0.15) is 58.1 Å². The van der Waals surface area contributed by atoms with Gasteiger partial charge < -0.3 is 61.5 Å². The molecule has 14 nitrogen and oxygen atoms in total. The van der Waals surface area contributed by atoms with Gasteiger partial charge in [0.25, 0.3) is 0 Å². The molecule has 3 aromatic rings. The fraction of sp³-hybridized carbons (Fsp3) is 0.435. The molecule has 0 saturated heterocycles. The van der Waals surface area contributed by atoms with Crippen molar-refractivity contribution in [2.24, 2.45) is 29.2 Å². The van der Waals surface area contributed by atoms with E-state index in [1.165, 1.54) is 6.08 Å². The Bertz CT molecular complexity index is 2520. The number of phenolic OH excluding ortho intramolecular Hbond substituents is 2. The number of carbonyl (C=O) groups is 1. The van der Waals surface area contributed by atoms with Crippen molar-refractivity contribution >= 4 is 16.9 Å². The van der Waals surface area contributed by atoms with Crippen LogP contribution in [0.15, 0.2) is 91.6 Å². The van der Waals surface area contributed by atoms with Crippen LogP contribution in [-0.4, -0.2) is 69.1 Å². The summed E-state index contributed by atoms with van der Waals surface area (Å²) < 4.78 is 20.4. The van der Waals surface area contributed by atoms with E-state index in [1.807, 2.05) is 25.3 Å². The summed E-state index contributed by atoms with van der Waals surface area (Å²) in [6.07, 6.45) is 9.08. The number of aryl methyl sites for hydroxylation is 1. The van der Waals surface area contributed by atoms with Crippen molar-refractivity contribution in [3.05, 3.63) is 121 Å². The Morgan fingerprint density at radius 3 is 2.67 bits per heavy atom. The van der Waals surface area contributed by atoms with Gasteiger partial charge in [0.15, 0.2) is 5.43 Å². The lowest BCUT2D eigenvalue weighted by atomic mass is 9.61. The van der Waals surface area contributed by atoms with Gasteiger partial charge in [-0.25, -0.2) is 4.79 Å². The van der Waals surface area contributed by atoms with E-state index < -0.39 is 60.5 Å². The number of fused-ring (bicyclic) bond motifs is 9. The van der Waals surface area contributed by atoms with Crippen LogP contribution in [-0.2, 0) is 29.0 Å². The molecule has 0 amide bonds. The molecule has 6 aliphatic rings. The highest BCUT2D eigenvalue weighted by Crippen LogP contribution is 2.61. The van der Waals surface area contributed by atoms with Crippen LogP contribution in [0.2, 0.25) is 0 Å². The number of nitrogens with one attached hydrogen (secondary N) is 2. The zero-order valence-corrected chi connectivity index (χ0v) is 33.7. The predicted molar refractivity (Wildman–Crippen MR) is 221 cm³/mol. The van der Waals surface area contributed by atoms with Crippen LogP contribution in [0.5, 0.6) is 17.2 Å². The van der Waals surface area contributed by atoms with Gasteiger partial charge in [-0.2, -0.15) is 0 Å². The molecule has 2 aromatic carbocycles. The van der Waals surface area contributed by atoms with Crippen LogP contribution in [0.1, 0.15) is 79.4 Å². The Balaban J connectivity index is 1.44. The number of aromatic hydroxyl groups is 2. The number of phenols is 2. The lowest BCUT2D eigenvalue weighted by Crippen LogP contribution is -2.59. The number of nitrogens with two attached hydrogens (primary N) is 2. The lowest BCUT2D eigenvalue weighted by molar-refractivity contribution is -0.169. The molecule has 2 aliphatic carbocycles. The molecule has 11 N–H and O–H groups in total. The molecule has 8 atom stereocenters. The number of carbonyl (C=O) groups excluding carboxylic acids is 1. The minimum atomic E-state index is -1.34. The molecule has 8 unspecified atom stereocenters. The molecule has 0 radical (unpaired) electrons. The minimum absolute atomic E-state index is 0.0176. The van der Waals surface area contributed by atoms with Gasteiger partial charge in [-0.3, -0.25) is 4.79 Å². The highest BCUT2D eigenvalue weighted by atomic mass is 16.6. The van der Waals surface area contributed by atoms with E-state index in [1.54, 1.807) is 19.1 Å². The molecule has 4 aliphatic heterocycles. The maximum atomic E-state index is 14.2. The summed E-state index contributed by atoms with van der Waals surface area (Å²) in [7, 11) is 0. The number of hydrogen-bond donors (Lipinski definition) is 9. The number of benzene rings is 2. The first-order chi connectivity index (χ1) is 28.9. The number of aliphatic hydroxyl groups excluding tert-OH is 3. The maximum Gasteiger partial charge on any atom is 0.336 e. The SMILES string of the molecule is CC=C(CO)C(=O)OC1Cc2c3c(c4oc(CO)cc(=O)c4c2O)C2C4=CCNC(N)=C4C(CCc4ccc(O)cc4C2CO)C2CCC4=CC(N)NC=C4CC2C1(C)O3. The predicted octanol–water partition coefficient (Wildman–Crippen LogP) is 3.49. The number of dihydropyridines is 2. The monoisotopic (exact) mass is 820 g/mol. The Hall–Kier alpha value is -5.54. The van der Waals surface area contributed by atoms with Crippen LogP contribution >= 0.6 is 0 Å². The largest absolute Gasteiger partial charge is 0.508 e. The van der Waals surface area contributed by atoms with Crippen molar-refractivity contribution in [3.8, 4) is 17.2 Å². The van der Waals surface area contributed by atoms with Crippen LogP contribution in [0.25, 0.3) is 11.0 Å². The second-order valence-corrected chi connectivity index (χ2v) is 17.1. The molecule has 60 heavy (non-hydrogen) atoms. The molecule has 0 spiro atoms. The van der Waals surface area contributed by atoms with Crippen molar-refractivity contribution in [2.45, 2.75) is 88.7 Å². The molecular formula is C46H52N4O10. The number of aliphatic hydroxyl groups is 3. The third-order valence-electron chi connectivity index (χ3n) is 14.1. The van der Waals surface area contributed by atoms with Gasteiger partial charge in [-0.1, -0.05) is 18.2 Å². The van der Waals surface area contributed by atoms with Gasteiger partial charge in [0.05, 0.1) is 25.0 Å². The van der Waals surface area contributed by atoms with E-state index >= 15 is 0 Å². The molecule has 9 rings (SSSR count). The van der Waals surface area contributed by atoms with Gasteiger partial charge in [-0.05, 0) is 109 Å². The van der Waals surface area contributed by atoms with Crippen LogP contribution < -0.4 is 32.3 Å². The molecule has 5 heterocycles.